The maximum absolute atomic E-state index is 5.49. The fourth-order valence-corrected chi connectivity index (χ4v) is 1.55. The number of nitrogens with zero attached hydrogens (tertiary/aromatic N) is 2. The van der Waals surface area contributed by atoms with Crippen LogP contribution in [0.4, 0.5) is 0 Å². The zero-order chi connectivity index (χ0) is 8.39. The standard InChI is InChI=1S/C8H14N4/c9-3-7-4-11-12(6-7)8-1-2-10-5-8/h4,6,8,10H,1-3,5,9H2. The van der Waals surface area contributed by atoms with Gasteiger partial charge in [-0.05, 0) is 13.0 Å². The molecule has 1 saturated heterocycles. The molecule has 4 nitrogen and oxygen atoms in total. The Bertz CT molecular complexity index is 249. The summed E-state index contributed by atoms with van der Waals surface area (Å²) < 4.78 is 2.02. The van der Waals surface area contributed by atoms with Crippen molar-refractivity contribution in [1.82, 2.24) is 15.1 Å². The summed E-state index contributed by atoms with van der Waals surface area (Å²) >= 11 is 0. The molecule has 3 N–H and O–H groups in total. The normalized spacial score (nSPS) is 23.2. The first-order chi connectivity index (χ1) is 5.90. The largest absolute Gasteiger partial charge is 0.326 e. The summed E-state index contributed by atoms with van der Waals surface area (Å²) in [7, 11) is 0. The highest BCUT2D eigenvalue weighted by atomic mass is 15.3. The summed E-state index contributed by atoms with van der Waals surface area (Å²) in [6.45, 7) is 2.72. The van der Waals surface area contributed by atoms with Crippen molar-refractivity contribution in [1.29, 1.82) is 0 Å². The van der Waals surface area contributed by atoms with E-state index in [1.807, 2.05) is 17.1 Å². The number of nitrogens with one attached hydrogen (secondary N) is 1. The minimum absolute atomic E-state index is 0.533. The van der Waals surface area contributed by atoms with Crippen LogP contribution in [-0.4, -0.2) is 22.9 Å². The average molecular weight is 166 g/mol. The quantitative estimate of drug-likeness (QED) is 0.644. The van der Waals surface area contributed by atoms with Crippen LogP contribution in [0.2, 0.25) is 0 Å². The van der Waals surface area contributed by atoms with E-state index in [9.17, 15) is 0 Å². The number of rotatable bonds is 2. The summed E-state index contributed by atoms with van der Waals surface area (Å²) in [6.07, 6.45) is 5.06. The van der Waals surface area contributed by atoms with Crippen molar-refractivity contribution in [3.8, 4) is 0 Å². The van der Waals surface area contributed by atoms with Crippen LogP contribution in [-0.2, 0) is 6.54 Å². The molecule has 1 aliphatic heterocycles. The first kappa shape index (κ1) is 7.76. The van der Waals surface area contributed by atoms with E-state index in [1.165, 1.54) is 6.42 Å². The molecule has 0 amide bonds. The average Bonchev–Trinajstić information content (AvgIpc) is 2.75. The van der Waals surface area contributed by atoms with Gasteiger partial charge in [-0.1, -0.05) is 0 Å². The minimum atomic E-state index is 0.533. The van der Waals surface area contributed by atoms with E-state index >= 15 is 0 Å². The van der Waals surface area contributed by atoms with Crippen LogP contribution in [0.15, 0.2) is 12.4 Å². The van der Waals surface area contributed by atoms with E-state index in [-0.39, 0.29) is 0 Å². The molecule has 1 aromatic heterocycles. The molecular weight excluding hydrogens is 152 g/mol. The van der Waals surface area contributed by atoms with Gasteiger partial charge in [0.1, 0.15) is 0 Å². The van der Waals surface area contributed by atoms with Gasteiger partial charge in [0.25, 0.3) is 0 Å². The highest BCUT2D eigenvalue weighted by molar-refractivity contribution is 5.03. The molecule has 4 heteroatoms. The summed E-state index contributed by atoms with van der Waals surface area (Å²) in [5, 5.41) is 7.57. The van der Waals surface area contributed by atoms with E-state index < -0.39 is 0 Å². The zero-order valence-electron chi connectivity index (χ0n) is 7.03. The van der Waals surface area contributed by atoms with Crippen molar-refractivity contribution in [3.05, 3.63) is 18.0 Å². The van der Waals surface area contributed by atoms with Crippen molar-refractivity contribution in [2.45, 2.75) is 19.0 Å². The van der Waals surface area contributed by atoms with Gasteiger partial charge in [0.05, 0.1) is 12.2 Å². The Morgan fingerprint density at radius 1 is 1.75 bits per heavy atom. The van der Waals surface area contributed by atoms with Crippen molar-refractivity contribution in [3.63, 3.8) is 0 Å². The van der Waals surface area contributed by atoms with Crippen LogP contribution in [0, 0.1) is 0 Å². The van der Waals surface area contributed by atoms with E-state index in [0.717, 1.165) is 18.7 Å². The molecule has 2 rings (SSSR count). The first-order valence-electron chi connectivity index (χ1n) is 4.34. The van der Waals surface area contributed by atoms with E-state index in [0.29, 0.717) is 12.6 Å². The Labute approximate surface area is 71.7 Å². The number of nitrogens with two attached hydrogens (primary N) is 1. The highest BCUT2D eigenvalue weighted by Gasteiger charge is 2.16. The van der Waals surface area contributed by atoms with Gasteiger partial charge in [0.2, 0.25) is 0 Å². The van der Waals surface area contributed by atoms with E-state index in [2.05, 4.69) is 10.4 Å². The van der Waals surface area contributed by atoms with Gasteiger partial charge in [0, 0.05) is 24.8 Å². The van der Waals surface area contributed by atoms with Crippen molar-refractivity contribution < 1.29 is 0 Å². The Balaban J connectivity index is 2.11. The molecule has 0 aromatic carbocycles. The molecule has 0 bridgehead atoms. The van der Waals surface area contributed by atoms with Crippen molar-refractivity contribution >= 4 is 0 Å². The van der Waals surface area contributed by atoms with Crippen molar-refractivity contribution in [2.24, 2.45) is 5.73 Å². The van der Waals surface area contributed by atoms with Gasteiger partial charge in [-0.15, -0.1) is 0 Å². The third-order valence-corrected chi connectivity index (χ3v) is 2.30. The van der Waals surface area contributed by atoms with Crippen LogP contribution in [0.5, 0.6) is 0 Å². The molecule has 1 unspecified atom stereocenters. The van der Waals surface area contributed by atoms with Crippen LogP contribution in [0.3, 0.4) is 0 Å². The Hall–Kier alpha value is -0.870. The second-order valence-corrected chi connectivity index (χ2v) is 3.18. The third-order valence-electron chi connectivity index (χ3n) is 2.30. The molecular formula is C8H14N4. The second kappa shape index (κ2) is 3.25. The molecule has 12 heavy (non-hydrogen) atoms. The lowest BCUT2D eigenvalue weighted by molar-refractivity contribution is 0.490. The molecule has 2 heterocycles. The van der Waals surface area contributed by atoms with E-state index in [1.54, 1.807) is 0 Å². The van der Waals surface area contributed by atoms with Crippen LogP contribution >= 0.6 is 0 Å². The molecule has 1 aliphatic rings. The molecule has 1 aromatic rings. The van der Waals surface area contributed by atoms with E-state index in [4.69, 9.17) is 5.73 Å². The SMILES string of the molecule is NCc1cnn(C2CCNC2)c1. The molecule has 0 saturated carbocycles. The maximum Gasteiger partial charge on any atom is 0.0655 e. The number of hydrogen-bond donors (Lipinski definition) is 2. The predicted octanol–water partition coefficient (Wildman–Crippen LogP) is -0.124. The lowest BCUT2D eigenvalue weighted by Crippen LogP contribution is -2.13. The highest BCUT2D eigenvalue weighted by Crippen LogP contribution is 2.13. The summed E-state index contributed by atoms with van der Waals surface area (Å²) in [6, 6.07) is 0.533. The van der Waals surface area contributed by atoms with Gasteiger partial charge in [-0.2, -0.15) is 5.10 Å². The van der Waals surface area contributed by atoms with Crippen LogP contribution in [0.25, 0.3) is 0 Å². The van der Waals surface area contributed by atoms with Crippen LogP contribution in [0.1, 0.15) is 18.0 Å². The molecule has 0 spiro atoms. The monoisotopic (exact) mass is 166 g/mol. The van der Waals surface area contributed by atoms with Crippen LogP contribution < -0.4 is 11.1 Å². The molecule has 1 fully saturated rings. The van der Waals surface area contributed by atoms with Gasteiger partial charge in [0.15, 0.2) is 0 Å². The molecule has 0 aliphatic carbocycles. The minimum Gasteiger partial charge on any atom is -0.326 e. The number of hydrogen-bond acceptors (Lipinski definition) is 3. The van der Waals surface area contributed by atoms with Gasteiger partial charge in [-0.3, -0.25) is 4.68 Å². The lowest BCUT2D eigenvalue weighted by Gasteiger charge is -2.07. The summed E-state index contributed by atoms with van der Waals surface area (Å²) in [5.41, 5.74) is 6.61. The zero-order valence-corrected chi connectivity index (χ0v) is 7.03. The van der Waals surface area contributed by atoms with Gasteiger partial charge < -0.3 is 11.1 Å². The number of aromatic nitrogens is 2. The first-order valence-corrected chi connectivity index (χ1v) is 4.34. The lowest BCUT2D eigenvalue weighted by atomic mass is 10.3. The summed E-state index contributed by atoms with van der Waals surface area (Å²) in [4.78, 5) is 0. The Kier molecular flexibility index (Phi) is 2.10. The summed E-state index contributed by atoms with van der Waals surface area (Å²) in [5.74, 6) is 0. The third kappa shape index (κ3) is 1.35. The second-order valence-electron chi connectivity index (χ2n) is 3.18. The molecule has 1 atom stereocenters. The Morgan fingerprint density at radius 3 is 3.25 bits per heavy atom. The maximum atomic E-state index is 5.49. The topological polar surface area (TPSA) is 55.9 Å². The fourth-order valence-electron chi connectivity index (χ4n) is 1.55. The Morgan fingerprint density at radius 2 is 2.67 bits per heavy atom. The molecule has 66 valence electrons. The van der Waals surface area contributed by atoms with Crippen molar-refractivity contribution in [2.75, 3.05) is 13.1 Å². The predicted molar refractivity (Wildman–Crippen MR) is 46.6 cm³/mol. The smallest absolute Gasteiger partial charge is 0.0655 e. The fraction of sp³-hybridized carbons (Fsp3) is 0.625. The molecule has 0 radical (unpaired) electrons. The van der Waals surface area contributed by atoms with Gasteiger partial charge in [-0.25, -0.2) is 0 Å². The van der Waals surface area contributed by atoms with Gasteiger partial charge >= 0.3 is 0 Å².